The third-order valence-electron chi connectivity index (χ3n) is 2.48. The Hall–Kier alpha value is -1.66. The van der Waals surface area contributed by atoms with Crippen molar-refractivity contribution >= 4 is 21.9 Å². The number of hydrogen-bond donors (Lipinski definition) is 2. The maximum atomic E-state index is 11.5. The highest BCUT2D eigenvalue weighted by Gasteiger charge is 2.23. The lowest BCUT2D eigenvalue weighted by Crippen LogP contribution is -2.07. The first kappa shape index (κ1) is 11.8. The van der Waals surface area contributed by atoms with Gasteiger partial charge in [-0.1, -0.05) is 12.1 Å². The summed E-state index contributed by atoms with van der Waals surface area (Å²) in [4.78, 5) is 11.0. The predicted molar refractivity (Wildman–Crippen MR) is 63.2 cm³/mol. The minimum atomic E-state index is -3.18. The predicted octanol–water partition coefficient (Wildman–Crippen LogP) is 0.701. The maximum Gasteiger partial charge on any atom is 0.335 e. The van der Waals surface area contributed by atoms with Gasteiger partial charge in [-0.2, -0.15) is 0 Å². The van der Waals surface area contributed by atoms with Crippen molar-refractivity contribution in [2.45, 2.75) is 0 Å². The van der Waals surface area contributed by atoms with Gasteiger partial charge in [0.05, 0.1) is 10.5 Å². The van der Waals surface area contributed by atoms with Gasteiger partial charge in [0, 0.05) is 6.54 Å². The molecule has 6 heteroatoms. The summed E-state index contributed by atoms with van der Waals surface area (Å²) in [5.41, 5.74) is 0.858. The summed E-state index contributed by atoms with van der Waals surface area (Å²) < 4.78 is 23.0. The molecule has 0 radical (unpaired) electrons. The van der Waals surface area contributed by atoms with E-state index < -0.39 is 15.8 Å². The number of hydrogen-bond acceptors (Lipinski definition) is 4. The number of benzene rings is 1. The molecule has 0 spiro atoms. The first-order valence-electron chi connectivity index (χ1n) is 4.96. The highest BCUT2D eigenvalue weighted by atomic mass is 32.2. The molecule has 1 aliphatic heterocycles. The standard InChI is InChI=1S/C11H11NO4S/c13-11(14)9-3-1-8(2-4-9)5-10-6-12-7-17(10,15)16/h1-5,12H,6-7H2,(H,13,14)/b10-5+. The second-order valence-electron chi connectivity index (χ2n) is 3.72. The lowest BCUT2D eigenvalue weighted by Gasteiger charge is -1.98. The molecule has 0 unspecified atom stereocenters. The highest BCUT2D eigenvalue weighted by molar-refractivity contribution is 7.95. The van der Waals surface area contributed by atoms with Gasteiger partial charge in [0.15, 0.2) is 9.84 Å². The Balaban J connectivity index is 2.31. The average molecular weight is 253 g/mol. The molecular weight excluding hydrogens is 242 g/mol. The molecule has 2 N–H and O–H groups in total. The number of rotatable bonds is 2. The topological polar surface area (TPSA) is 83.5 Å². The van der Waals surface area contributed by atoms with Crippen molar-refractivity contribution in [2.75, 3.05) is 12.4 Å². The Morgan fingerprint density at radius 1 is 1.29 bits per heavy atom. The van der Waals surface area contributed by atoms with Crippen LogP contribution in [0.3, 0.4) is 0 Å². The van der Waals surface area contributed by atoms with E-state index in [-0.39, 0.29) is 11.4 Å². The third-order valence-corrected chi connectivity index (χ3v) is 4.12. The first-order chi connectivity index (χ1) is 7.99. The maximum absolute atomic E-state index is 11.5. The van der Waals surface area contributed by atoms with Gasteiger partial charge in [-0.15, -0.1) is 0 Å². The van der Waals surface area contributed by atoms with Crippen LogP contribution in [0.5, 0.6) is 0 Å². The molecule has 5 nitrogen and oxygen atoms in total. The Morgan fingerprint density at radius 3 is 2.41 bits per heavy atom. The summed E-state index contributed by atoms with van der Waals surface area (Å²) in [6.07, 6.45) is 1.56. The summed E-state index contributed by atoms with van der Waals surface area (Å²) in [6, 6.07) is 6.07. The first-order valence-corrected chi connectivity index (χ1v) is 6.62. The summed E-state index contributed by atoms with van der Waals surface area (Å²) in [5, 5.41) is 11.5. The lowest BCUT2D eigenvalue weighted by molar-refractivity contribution is 0.0697. The Morgan fingerprint density at radius 2 is 1.94 bits per heavy atom. The molecule has 1 fully saturated rings. The second kappa shape index (κ2) is 4.31. The van der Waals surface area contributed by atoms with Crippen molar-refractivity contribution in [2.24, 2.45) is 0 Å². The molecular formula is C11H11NO4S. The van der Waals surface area contributed by atoms with Crippen LogP contribution >= 0.6 is 0 Å². The molecule has 0 aliphatic carbocycles. The van der Waals surface area contributed by atoms with Crippen LogP contribution in [0.2, 0.25) is 0 Å². The summed E-state index contributed by atoms with van der Waals surface area (Å²) >= 11 is 0. The third kappa shape index (κ3) is 2.54. The number of aromatic carboxylic acids is 1. The largest absolute Gasteiger partial charge is 0.478 e. The van der Waals surface area contributed by atoms with Crippen molar-refractivity contribution in [1.82, 2.24) is 5.32 Å². The van der Waals surface area contributed by atoms with Crippen LogP contribution in [0, 0.1) is 0 Å². The number of nitrogens with one attached hydrogen (secondary N) is 1. The fourth-order valence-corrected chi connectivity index (χ4v) is 2.75. The van der Waals surface area contributed by atoms with Crippen molar-refractivity contribution in [3.8, 4) is 0 Å². The zero-order valence-corrected chi connectivity index (χ0v) is 9.70. The highest BCUT2D eigenvalue weighted by Crippen LogP contribution is 2.16. The quantitative estimate of drug-likeness (QED) is 0.810. The summed E-state index contributed by atoms with van der Waals surface area (Å²) in [6.45, 7) is 0.322. The van der Waals surface area contributed by atoms with E-state index in [4.69, 9.17) is 5.11 Å². The molecule has 90 valence electrons. The molecule has 1 heterocycles. The van der Waals surface area contributed by atoms with Crippen LogP contribution in [0.1, 0.15) is 15.9 Å². The van der Waals surface area contributed by atoms with Gasteiger partial charge in [0.2, 0.25) is 0 Å². The van der Waals surface area contributed by atoms with Crippen LogP contribution in [-0.2, 0) is 9.84 Å². The number of carboxylic acid groups (broad SMARTS) is 1. The number of carbonyl (C=O) groups is 1. The molecule has 1 saturated heterocycles. The van der Waals surface area contributed by atoms with Gasteiger partial charge in [-0.3, -0.25) is 5.32 Å². The normalized spacial score (nSPS) is 20.6. The molecule has 0 atom stereocenters. The SMILES string of the molecule is O=C(O)c1ccc(/C=C2\CNCS2(=O)=O)cc1. The fourth-order valence-electron chi connectivity index (χ4n) is 1.56. The van der Waals surface area contributed by atoms with Gasteiger partial charge < -0.3 is 5.11 Å². The van der Waals surface area contributed by atoms with Crippen LogP contribution in [0.15, 0.2) is 29.2 Å². The van der Waals surface area contributed by atoms with Gasteiger partial charge in [-0.25, -0.2) is 13.2 Å². The fraction of sp³-hybridized carbons (Fsp3) is 0.182. The lowest BCUT2D eigenvalue weighted by atomic mass is 10.1. The van der Waals surface area contributed by atoms with Crippen molar-refractivity contribution < 1.29 is 18.3 Å². The van der Waals surface area contributed by atoms with Gasteiger partial charge >= 0.3 is 5.97 Å². The van der Waals surface area contributed by atoms with Gasteiger partial charge in [0.25, 0.3) is 0 Å². The molecule has 0 amide bonds. The van der Waals surface area contributed by atoms with Crippen LogP contribution in [0.25, 0.3) is 6.08 Å². The minimum absolute atomic E-state index is 0.0357. The summed E-state index contributed by atoms with van der Waals surface area (Å²) in [5.74, 6) is -1.04. The Kier molecular flexibility index (Phi) is 2.99. The Bertz CT molecular complexity index is 572. The van der Waals surface area contributed by atoms with E-state index in [1.165, 1.54) is 12.1 Å². The number of sulfone groups is 1. The van der Waals surface area contributed by atoms with E-state index in [1.807, 2.05) is 0 Å². The average Bonchev–Trinajstić information content (AvgIpc) is 2.59. The molecule has 0 saturated carbocycles. The van der Waals surface area contributed by atoms with E-state index in [9.17, 15) is 13.2 Å². The smallest absolute Gasteiger partial charge is 0.335 e. The van der Waals surface area contributed by atoms with Crippen LogP contribution < -0.4 is 5.32 Å². The van der Waals surface area contributed by atoms with Crippen molar-refractivity contribution in [3.63, 3.8) is 0 Å². The molecule has 0 bridgehead atoms. The van der Waals surface area contributed by atoms with Crippen LogP contribution in [-0.4, -0.2) is 31.9 Å². The molecule has 1 aromatic rings. The van der Waals surface area contributed by atoms with Crippen molar-refractivity contribution in [3.05, 3.63) is 40.3 Å². The Labute approximate surface area is 98.7 Å². The molecule has 2 rings (SSSR count). The number of carboxylic acids is 1. The minimum Gasteiger partial charge on any atom is -0.478 e. The van der Waals surface area contributed by atoms with Gasteiger partial charge in [-0.05, 0) is 23.8 Å². The van der Waals surface area contributed by atoms with Gasteiger partial charge in [0.1, 0.15) is 5.88 Å². The van der Waals surface area contributed by atoms with E-state index >= 15 is 0 Å². The van der Waals surface area contributed by atoms with E-state index in [1.54, 1.807) is 18.2 Å². The molecule has 1 aromatic carbocycles. The van der Waals surface area contributed by atoms with E-state index in [2.05, 4.69) is 5.32 Å². The molecule has 0 aromatic heterocycles. The zero-order valence-electron chi connectivity index (χ0n) is 8.88. The second-order valence-corrected chi connectivity index (χ2v) is 5.77. The van der Waals surface area contributed by atoms with E-state index in [0.29, 0.717) is 17.0 Å². The van der Waals surface area contributed by atoms with E-state index in [0.717, 1.165) is 0 Å². The monoisotopic (exact) mass is 253 g/mol. The van der Waals surface area contributed by atoms with Crippen molar-refractivity contribution in [1.29, 1.82) is 0 Å². The van der Waals surface area contributed by atoms with Crippen LogP contribution in [0.4, 0.5) is 0 Å². The summed E-state index contributed by atoms with van der Waals surface area (Å²) in [7, 11) is -3.18. The molecule has 17 heavy (non-hydrogen) atoms. The molecule has 1 aliphatic rings. The zero-order chi connectivity index (χ0) is 12.5.